The van der Waals surface area contributed by atoms with Crippen LogP contribution in [0.3, 0.4) is 0 Å². The number of phenols is 1. The predicted octanol–water partition coefficient (Wildman–Crippen LogP) is 4.13. The second kappa shape index (κ2) is 7.47. The lowest BCUT2D eigenvalue weighted by molar-refractivity contribution is -0.121. The summed E-state index contributed by atoms with van der Waals surface area (Å²) in [5.41, 5.74) is 0.0971. The molecule has 6 nitrogen and oxygen atoms in total. The Bertz CT molecular complexity index is 857. The van der Waals surface area contributed by atoms with E-state index < -0.39 is 5.60 Å². The molecule has 27 heavy (non-hydrogen) atoms. The third kappa shape index (κ3) is 4.51. The summed E-state index contributed by atoms with van der Waals surface area (Å²) in [4.78, 5) is 26.7. The first-order chi connectivity index (χ1) is 12.7. The number of rotatable bonds is 2. The maximum Gasteiger partial charge on any atom is 0.410 e. The fraction of sp³-hybridized carbons (Fsp3) is 0.429. The number of ether oxygens (including phenoxy) is 1. The Balaban J connectivity index is 1.71. The van der Waals surface area contributed by atoms with E-state index >= 15 is 0 Å². The van der Waals surface area contributed by atoms with Crippen LogP contribution in [0.5, 0.6) is 5.75 Å². The zero-order valence-corrected chi connectivity index (χ0v) is 16.0. The van der Waals surface area contributed by atoms with E-state index in [0.29, 0.717) is 24.2 Å². The number of carbonyl (C=O) groups excluding carboxylic acids is 2. The lowest BCUT2D eigenvalue weighted by Gasteiger charge is -2.33. The number of hydrogen-bond acceptors (Lipinski definition) is 4. The van der Waals surface area contributed by atoms with Crippen LogP contribution in [-0.4, -0.2) is 40.7 Å². The van der Waals surface area contributed by atoms with Gasteiger partial charge in [-0.05, 0) is 45.7 Å². The molecule has 0 bridgehead atoms. The molecule has 1 fully saturated rings. The van der Waals surface area contributed by atoms with E-state index in [1.165, 1.54) is 0 Å². The minimum Gasteiger partial charge on any atom is -0.507 e. The van der Waals surface area contributed by atoms with Gasteiger partial charge in [-0.15, -0.1) is 0 Å². The quantitative estimate of drug-likeness (QED) is 0.833. The molecule has 1 aliphatic rings. The second-order valence-corrected chi connectivity index (χ2v) is 7.93. The van der Waals surface area contributed by atoms with Crippen LogP contribution in [-0.2, 0) is 9.53 Å². The number of nitrogens with zero attached hydrogens (tertiary/aromatic N) is 1. The van der Waals surface area contributed by atoms with Crippen molar-refractivity contribution >= 4 is 28.5 Å². The highest BCUT2D eigenvalue weighted by Gasteiger charge is 2.31. The highest BCUT2D eigenvalue weighted by atomic mass is 16.6. The van der Waals surface area contributed by atoms with Crippen molar-refractivity contribution in [3.63, 3.8) is 0 Å². The molecule has 2 amide bonds. The van der Waals surface area contributed by atoms with Crippen LogP contribution in [0.4, 0.5) is 10.5 Å². The summed E-state index contributed by atoms with van der Waals surface area (Å²) in [6, 6.07) is 10.6. The number of hydrogen-bond donors (Lipinski definition) is 2. The Morgan fingerprint density at radius 3 is 2.59 bits per heavy atom. The molecule has 2 N–H and O–H groups in total. The topological polar surface area (TPSA) is 78.9 Å². The standard InChI is InChI=1S/C21H26N2O4/c1-21(2,3)27-20(26)23-12-6-7-14(13-23)19(25)22-17-10-4-9-16-15(17)8-5-11-18(16)24/h4-5,8-11,14,24H,6-7,12-13H2,1-3H3,(H,22,25). The number of nitrogens with one attached hydrogen (secondary N) is 1. The summed E-state index contributed by atoms with van der Waals surface area (Å²) in [5.74, 6) is -0.240. The molecule has 1 unspecified atom stereocenters. The molecule has 2 aromatic rings. The van der Waals surface area contributed by atoms with Gasteiger partial charge in [-0.25, -0.2) is 4.79 Å². The van der Waals surface area contributed by atoms with E-state index in [2.05, 4.69) is 5.32 Å². The van der Waals surface area contributed by atoms with Gasteiger partial charge < -0.3 is 20.1 Å². The van der Waals surface area contributed by atoms with E-state index in [1.54, 1.807) is 23.1 Å². The number of piperidine rings is 1. The molecule has 1 heterocycles. The molecule has 0 aromatic heterocycles. The summed E-state index contributed by atoms with van der Waals surface area (Å²) < 4.78 is 5.42. The fourth-order valence-electron chi connectivity index (χ4n) is 3.32. The zero-order valence-electron chi connectivity index (χ0n) is 16.0. The minimum absolute atomic E-state index is 0.126. The van der Waals surface area contributed by atoms with E-state index in [0.717, 1.165) is 18.2 Å². The zero-order chi connectivity index (χ0) is 19.6. The van der Waals surface area contributed by atoms with E-state index in [1.807, 2.05) is 39.0 Å². The molecule has 0 aliphatic carbocycles. The van der Waals surface area contributed by atoms with Crippen molar-refractivity contribution in [2.75, 3.05) is 18.4 Å². The molecule has 0 saturated carbocycles. The number of benzene rings is 2. The molecule has 1 aliphatic heterocycles. The molecule has 6 heteroatoms. The molecule has 1 atom stereocenters. The highest BCUT2D eigenvalue weighted by molar-refractivity contribution is 6.04. The van der Waals surface area contributed by atoms with Crippen molar-refractivity contribution < 1.29 is 19.4 Å². The summed E-state index contributed by atoms with van der Waals surface area (Å²) in [6.45, 7) is 6.43. The van der Waals surface area contributed by atoms with Crippen molar-refractivity contribution in [2.24, 2.45) is 5.92 Å². The van der Waals surface area contributed by atoms with Gasteiger partial charge in [0.2, 0.25) is 5.91 Å². The van der Waals surface area contributed by atoms with Crippen molar-refractivity contribution in [1.29, 1.82) is 0 Å². The van der Waals surface area contributed by atoms with Crippen LogP contribution in [0.25, 0.3) is 10.8 Å². The SMILES string of the molecule is CC(C)(C)OC(=O)N1CCCC(C(=O)Nc2cccc3c(O)cccc23)C1. The smallest absolute Gasteiger partial charge is 0.410 e. The van der Waals surface area contributed by atoms with Crippen LogP contribution in [0.1, 0.15) is 33.6 Å². The summed E-state index contributed by atoms with van der Waals surface area (Å²) in [6.07, 6.45) is 1.10. The monoisotopic (exact) mass is 370 g/mol. The lowest BCUT2D eigenvalue weighted by atomic mass is 9.97. The first-order valence-electron chi connectivity index (χ1n) is 9.24. The summed E-state index contributed by atoms with van der Waals surface area (Å²) >= 11 is 0. The van der Waals surface area contributed by atoms with Crippen LogP contribution >= 0.6 is 0 Å². The Morgan fingerprint density at radius 2 is 1.85 bits per heavy atom. The Morgan fingerprint density at radius 1 is 1.15 bits per heavy atom. The van der Waals surface area contributed by atoms with E-state index in [9.17, 15) is 14.7 Å². The van der Waals surface area contributed by atoms with Gasteiger partial charge in [0.15, 0.2) is 0 Å². The van der Waals surface area contributed by atoms with Gasteiger partial charge in [0.1, 0.15) is 11.4 Å². The van der Waals surface area contributed by atoms with Gasteiger partial charge >= 0.3 is 6.09 Å². The van der Waals surface area contributed by atoms with Gasteiger partial charge in [-0.2, -0.15) is 0 Å². The average Bonchev–Trinajstić information content (AvgIpc) is 2.61. The van der Waals surface area contributed by atoms with Crippen LogP contribution in [0, 0.1) is 5.92 Å². The van der Waals surface area contributed by atoms with Crippen molar-refractivity contribution in [3.05, 3.63) is 36.4 Å². The highest BCUT2D eigenvalue weighted by Crippen LogP contribution is 2.30. The minimum atomic E-state index is -0.558. The van der Waals surface area contributed by atoms with Gasteiger partial charge in [-0.3, -0.25) is 4.79 Å². The predicted molar refractivity (Wildman–Crippen MR) is 105 cm³/mol. The van der Waals surface area contributed by atoms with Crippen LogP contribution < -0.4 is 5.32 Å². The molecule has 144 valence electrons. The number of fused-ring (bicyclic) bond motifs is 1. The number of likely N-dealkylation sites (tertiary alicyclic amines) is 1. The Labute approximate surface area is 159 Å². The largest absolute Gasteiger partial charge is 0.507 e. The molecular formula is C21H26N2O4. The number of anilines is 1. The number of aromatic hydroxyl groups is 1. The summed E-state index contributed by atoms with van der Waals surface area (Å²) in [7, 11) is 0. The van der Waals surface area contributed by atoms with Crippen LogP contribution in [0.2, 0.25) is 0 Å². The van der Waals surface area contributed by atoms with Crippen molar-refractivity contribution in [2.45, 2.75) is 39.2 Å². The van der Waals surface area contributed by atoms with Gasteiger partial charge in [0, 0.05) is 29.5 Å². The first-order valence-corrected chi connectivity index (χ1v) is 9.24. The fourth-order valence-corrected chi connectivity index (χ4v) is 3.32. The third-order valence-corrected chi connectivity index (χ3v) is 4.60. The molecule has 0 radical (unpaired) electrons. The van der Waals surface area contributed by atoms with E-state index in [4.69, 9.17) is 4.74 Å². The third-order valence-electron chi connectivity index (χ3n) is 4.60. The molecular weight excluding hydrogens is 344 g/mol. The van der Waals surface area contributed by atoms with Gasteiger partial charge in [0.25, 0.3) is 0 Å². The van der Waals surface area contributed by atoms with Gasteiger partial charge in [-0.1, -0.05) is 24.3 Å². The molecule has 3 rings (SSSR count). The molecule has 2 aromatic carbocycles. The summed E-state index contributed by atoms with van der Waals surface area (Å²) in [5, 5.41) is 14.4. The molecule has 1 saturated heterocycles. The average molecular weight is 370 g/mol. The first kappa shape index (κ1) is 19.0. The van der Waals surface area contributed by atoms with Crippen molar-refractivity contribution in [1.82, 2.24) is 4.90 Å². The Hall–Kier alpha value is -2.76. The number of amides is 2. The maximum absolute atomic E-state index is 12.8. The number of carbonyl (C=O) groups is 2. The van der Waals surface area contributed by atoms with E-state index in [-0.39, 0.29) is 23.7 Å². The molecule has 0 spiro atoms. The Kier molecular flexibility index (Phi) is 5.26. The van der Waals surface area contributed by atoms with Crippen LogP contribution in [0.15, 0.2) is 36.4 Å². The van der Waals surface area contributed by atoms with Crippen molar-refractivity contribution in [3.8, 4) is 5.75 Å². The lowest BCUT2D eigenvalue weighted by Crippen LogP contribution is -2.45. The maximum atomic E-state index is 12.8. The number of phenolic OH excluding ortho intramolecular Hbond substituents is 1. The van der Waals surface area contributed by atoms with Gasteiger partial charge in [0.05, 0.1) is 5.92 Å². The second-order valence-electron chi connectivity index (χ2n) is 7.93. The normalized spacial score (nSPS) is 17.6.